The molecule has 0 radical (unpaired) electrons. The molecule has 2 N–H and O–H groups in total. The van der Waals surface area contributed by atoms with E-state index in [0.717, 1.165) is 0 Å². The average Bonchev–Trinajstić information content (AvgIpc) is 2.67. The van der Waals surface area contributed by atoms with Gasteiger partial charge in [0.1, 0.15) is 23.1 Å². The maximum absolute atomic E-state index is 13.6. The van der Waals surface area contributed by atoms with Crippen LogP contribution in [0.3, 0.4) is 0 Å². The van der Waals surface area contributed by atoms with E-state index in [9.17, 15) is 17.6 Å². The first-order valence-corrected chi connectivity index (χ1v) is 8.43. The van der Waals surface area contributed by atoms with Crippen LogP contribution in [0.25, 0.3) is 0 Å². The average molecular weight is 399 g/mol. The normalized spacial score (nSPS) is 11.5. The molecule has 0 aromatic heterocycles. The summed E-state index contributed by atoms with van der Waals surface area (Å²) in [6, 6.07) is 8.15. The lowest BCUT2D eigenvalue weighted by Crippen LogP contribution is -2.38. The molecular weight excluding hydrogens is 378 g/mol. The van der Waals surface area contributed by atoms with Gasteiger partial charge in [0, 0.05) is 31.3 Å². The number of ether oxygens (including phenoxy) is 2. The Morgan fingerprint density at radius 1 is 1.11 bits per heavy atom. The summed E-state index contributed by atoms with van der Waals surface area (Å²) in [7, 11) is 2.98. The number of halogens is 4. The van der Waals surface area contributed by atoms with Crippen molar-refractivity contribution >= 4 is 5.96 Å². The van der Waals surface area contributed by atoms with Crippen LogP contribution >= 0.6 is 0 Å². The second kappa shape index (κ2) is 10.4. The van der Waals surface area contributed by atoms with Crippen molar-refractivity contribution in [1.29, 1.82) is 0 Å². The summed E-state index contributed by atoms with van der Waals surface area (Å²) in [5.41, 5.74) is 0.411. The van der Waals surface area contributed by atoms with Crippen LogP contribution in [0.2, 0.25) is 0 Å². The van der Waals surface area contributed by atoms with Gasteiger partial charge in [0.15, 0.2) is 5.96 Å². The van der Waals surface area contributed by atoms with E-state index in [1.165, 1.54) is 44.5 Å². The van der Waals surface area contributed by atoms with Crippen LogP contribution in [0.15, 0.2) is 41.4 Å². The lowest BCUT2D eigenvalue weighted by molar-refractivity contribution is -0.0505. The molecule has 0 bridgehead atoms. The Balaban J connectivity index is 1.96. The quantitative estimate of drug-likeness (QED) is 0.405. The van der Waals surface area contributed by atoms with Gasteiger partial charge in [0.2, 0.25) is 0 Å². The van der Waals surface area contributed by atoms with Crippen LogP contribution in [-0.4, -0.2) is 33.3 Å². The molecule has 28 heavy (non-hydrogen) atoms. The summed E-state index contributed by atoms with van der Waals surface area (Å²) in [5, 5.41) is 5.85. The Labute approximate surface area is 160 Å². The Morgan fingerprint density at radius 3 is 2.43 bits per heavy atom. The van der Waals surface area contributed by atoms with E-state index >= 15 is 0 Å². The number of alkyl halides is 2. The molecule has 0 unspecified atom stereocenters. The molecule has 0 fully saturated rings. The van der Waals surface area contributed by atoms with Gasteiger partial charge >= 0.3 is 6.61 Å². The molecule has 0 heterocycles. The molecule has 0 aliphatic rings. The summed E-state index contributed by atoms with van der Waals surface area (Å²) in [4.78, 5) is 4.00. The molecule has 0 spiro atoms. The maximum Gasteiger partial charge on any atom is 0.387 e. The van der Waals surface area contributed by atoms with E-state index in [1.54, 1.807) is 6.07 Å². The summed E-state index contributed by atoms with van der Waals surface area (Å²) < 4.78 is 62.0. The van der Waals surface area contributed by atoms with Crippen LogP contribution in [0.1, 0.15) is 11.1 Å². The first kappa shape index (κ1) is 21.3. The topological polar surface area (TPSA) is 54.9 Å². The zero-order valence-electron chi connectivity index (χ0n) is 15.4. The second-order valence-corrected chi connectivity index (χ2v) is 5.65. The van der Waals surface area contributed by atoms with Crippen molar-refractivity contribution in [3.8, 4) is 11.5 Å². The molecule has 0 saturated heterocycles. The third-order valence-corrected chi connectivity index (χ3v) is 3.88. The number of methoxy groups -OCH3 is 1. The van der Waals surface area contributed by atoms with Crippen LogP contribution in [0.4, 0.5) is 17.6 Å². The highest BCUT2D eigenvalue weighted by Crippen LogP contribution is 2.25. The van der Waals surface area contributed by atoms with Crippen molar-refractivity contribution in [1.82, 2.24) is 10.6 Å². The van der Waals surface area contributed by atoms with Crippen LogP contribution in [0.5, 0.6) is 11.5 Å². The highest BCUT2D eigenvalue weighted by Gasteiger charge is 2.12. The van der Waals surface area contributed by atoms with E-state index in [0.29, 0.717) is 17.3 Å². The van der Waals surface area contributed by atoms with Gasteiger partial charge in [-0.2, -0.15) is 8.78 Å². The summed E-state index contributed by atoms with van der Waals surface area (Å²) in [6.45, 7) is -2.62. The zero-order valence-corrected chi connectivity index (χ0v) is 15.4. The number of nitrogens with one attached hydrogen (secondary N) is 2. The van der Waals surface area contributed by atoms with E-state index < -0.39 is 18.2 Å². The van der Waals surface area contributed by atoms with Crippen molar-refractivity contribution in [3.05, 3.63) is 59.2 Å². The van der Waals surface area contributed by atoms with E-state index in [1.807, 2.05) is 0 Å². The van der Waals surface area contributed by atoms with Crippen molar-refractivity contribution in [2.24, 2.45) is 4.99 Å². The monoisotopic (exact) mass is 399 g/mol. The van der Waals surface area contributed by atoms with Gasteiger partial charge in [0.05, 0.1) is 7.11 Å². The van der Waals surface area contributed by atoms with Gasteiger partial charge in [-0.05, 0) is 36.8 Å². The predicted octanol–water partition coefficient (Wildman–Crippen LogP) is 3.48. The Kier molecular flexibility index (Phi) is 7.91. The second-order valence-electron chi connectivity index (χ2n) is 5.65. The standard InChI is InChI=1S/C19H21F4N3O2/c1-24-19(25-9-8-14-15(20)4-3-5-16(14)21)26-11-12-10-13(27-2)6-7-17(12)28-18(22)23/h3-7,10,18H,8-9,11H2,1-2H3,(H2,24,25,26). The van der Waals surface area contributed by atoms with E-state index in [2.05, 4.69) is 20.4 Å². The summed E-state index contributed by atoms with van der Waals surface area (Å²) in [5.74, 6) is -0.407. The molecule has 5 nitrogen and oxygen atoms in total. The number of benzene rings is 2. The Hall–Kier alpha value is -2.97. The number of hydrogen-bond donors (Lipinski definition) is 2. The van der Waals surface area contributed by atoms with Gasteiger partial charge in [-0.3, -0.25) is 4.99 Å². The molecule has 2 aromatic rings. The fraction of sp³-hybridized carbons (Fsp3) is 0.316. The lowest BCUT2D eigenvalue weighted by Gasteiger charge is -2.15. The fourth-order valence-electron chi connectivity index (χ4n) is 2.51. The minimum absolute atomic E-state index is 0.00665. The van der Waals surface area contributed by atoms with Gasteiger partial charge in [-0.15, -0.1) is 0 Å². The van der Waals surface area contributed by atoms with Gasteiger partial charge < -0.3 is 20.1 Å². The summed E-state index contributed by atoms with van der Waals surface area (Å²) in [6.07, 6.45) is 0.109. The molecule has 0 saturated carbocycles. The molecule has 0 atom stereocenters. The van der Waals surface area contributed by atoms with Gasteiger partial charge in [0.25, 0.3) is 0 Å². The molecule has 0 aliphatic carbocycles. The number of nitrogens with zero attached hydrogens (tertiary/aromatic N) is 1. The van der Waals surface area contributed by atoms with Gasteiger partial charge in [-0.25, -0.2) is 8.78 Å². The van der Waals surface area contributed by atoms with E-state index in [4.69, 9.17) is 4.74 Å². The number of guanidine groups is 1. The first-order chi connectivity index (χ1) is 13.4. The fourth-order valence-corrected chi connectivity index (χ4v) is 2.51. The van der Waals surface area contributed by atoms with Crippen molar-refractivity contribution in [3.63, 3.8) is 0 Å². The molecule has 0 aliphatic heterocycles. The van der Waals surface area contributed by atoms with Crippen LogP contribution in [0, 0.1) is 11.6 Å². The maximum atomic E-state index is 13.6. The first-order valence-electron chi connectivity index (χ1n) is 8.43. The number of aliphatic imine (C=N–C) groups is 1. The Bertz CT molecular complexity index is 796. The smallest absolute Gasteiger partial charge is 0.387 e. The lowest BCUT2D eigenvalue weighted by atomic mass is 10.1. The van der Waals surface area contributed by atoms with Crippen molar-refractivity contribution in [2.45, 2.75) is 19.6 Å². The highest BCUT2D eigenvalue weighted by atomic mass is 19.3. The predicted molar refractivity (Wildman–Crippen MR) is 97.9 cm³/mol. The van der Waals surface area contributed by atoms with Crippen LogP contribution < -0.4 is 20.1 Å². The SMILES string of the molecule is CN=C(NCCc1c(F)cccc1F)NCc1cc(OC)ccc1OC(F)F. The molecular formula is C19H21F4N3O2. The molecule has 152 valence electrons. The molecule has 2 rings (SSSR count). The minimum atomic E-state index is -2.96. The van der Waals surface area contributed by atoms with E-state index in [-0.39, 0.29) is 30.8 Å². The molecule has 9 heteroatoms. The minimum Gasteiger partial charge on any atom is -0.497 e. The largest absolute Gasteiger partial charge is 0.497 e. The highest BCUT2D eigenvalue weighted by molar-refractivity contribution is 5.79. The number of rotatable bonds is 8. The molecule has 2 aromatic carbocycles. The van der Waals surface area contributed by atoms with Crippen molar-refractivity contribution in [2.75, 3.05) is 20.7 Å². The Morgan fingerprint density at radius 2 is 1.82 bits per heavy atom. The number of hydrogen-bond acceptors (Lipinski definition) is 3. The van der Waals surface area contributed by atoms with Crippen LogP contribution in [-0.2, 0) is 13.0 Å². The zero-order chi connectivity index (χ0) is 20.5. The third kappa shape index (κ3) is 6.04. The summed E-state index contributed by atoms with van der Waals surface area (Å²) >= 11 is 0. The molecule has 0 amide bonds. The third-order valence-electron chi connectivity index (χ3n) is 3.88. The van der Waals surface area contributed by atoms with Crippen molar-refractivity contribution < 1.29 is 27.0 Å². The van der Waals surface area contributed by atoms with Gasteiger partial charge in [-0.1, -0.05) is 6.07 Å².